The molecule has 0 radical (unpaired) electrons. The molecule has 0 unspecified atom stereocenters. The fourth-order valence-corrected chi connectivity index (χ4v) is 8.97. The molecule has 306 valence electrons. The quantitative estimate of drug-likeness (QED) is 0.371. The summed E-state index contributed by atoms with van der Waals surface area (Å²) in [7, 11) is -4.72. The second-order valence-electron chi connectivity index (χ2n) is 16.0. The van der Waals surface area contributed by atoms with E-state index in [0.29, 0.717) is 35.0 Å². The van der Waals surface area contributed by atoms with Gasteiger partial charge in [-0.1, -0.05) is 36.6 Å². The van der Waals surface area contributed by atoms with Gasteiger partial charge in [-0.2, -0.15) is 12.7 Å². The third-order valence-corrected chi connectivity index (χ3v) is 12.3. The van der Waals surface area contributed by atoms with Crippen LogP contribution in [0.3, 0.4) is 0 Å². The minimum Gasteiger partial charge on any atom is -0.444 e. The zero-order valence-electron chi connectivity index (χ0n) is 31.4. The fraction of sp³-hybridized carbons (Fsp3) is 0.622. The summed E-state index contributed by atoms with van der Waals surface area (Å²) in [5, 5.41) is 5.81. The number of ether oxygens (including phenoxy) is 2. The average Bonchev–Trinajstić information content (AvgIpc) is 3.42. The Kier molecular flexibility index (Phi) is 11.8. The van der Waals surface area contributed by atoms with E-state index >= 15 is 0 Å². The van der Waals surface area contributed by atoms with E-state index in [0.717, 1.165) is 11.1 Å². The number of alkyl carbamates (subject to hydrolysis) is 1. The van der Waals surface area contributed by atoms with Gasteiger partial charge in [0.25, 0.3) is 11.8 Å². The highest BCUT2D eigenvalue weighted by molar-refractivity contribution is 7.87. The van der Waals surface area contributed by atoms with E-state index in [1.165, 1.54) is 9.80 Å². The van der Waals surface area contributed by atoms with Gasteiger partial charge < -0.3 is 25.0 Å². The number of rotatable bonds is 5. The van der Waals surface area contributed by atoms with E-state index in [4.69, 9.17) is 21.1 Å². The zero-order valence-corrected chi connectivity index (χ0v) is 33.0. The third kappa shape index (κ3) is 9.47. The van der Waals surface area contributed by atoms with Crippen molar-refractivity contribution in [2.45, 2.75) is 120 Å². The Morgan fingerprint density at radius 2 is 1.88 bits per heavy atom. The Morgan fingerprint density at radius 1 is 1.11 bits per heavy atom. The summed E-state index contributed by atoms with van der Waals surface area (Å²) in [5.74, 6) is -6.62. The van der Waals surface area contributed by atoms with E-state index in [-0.39, 0.29) is 38.9 Å². The lowest BCUT2D eigenvalue weighted by Crippen LogP contribution is -2.59. The summed E-state index contributed by atoms with van der Waals surface area (Å²) in [4.78, 5) is 71.5. The summed E-state index contributed by atoms with van der Waals surface area (Å²) in [6, 6.07) is 2.87. The van der Waals surface area contributed by atoms with Gasteiger partial charge in [0.15, 0.2) is 0 Å². The summed E-state index contributed by atoms with van der Waals surface area (Å²) < 4.78 is 67.7. The molecule has 1 saturated carbocycles. The molecular formula is C37H47ClF2N6O9S. The Hall–Kier alpha value is -4.25. The van der Waals surface area contributed by atoms with Crippen molar-refractivity contribution in [1.82, 2.24) is 29.5 Å². The first-order valence-corrected chi connectivity index (χ1v) is 20.5. The molecule has 56 heavy (non-hydrogen) atoms. The molecule has 3 N–H and O–H groups in total. The number of fused-ring (bicyclic) bond motifs is 3. The van der Waals surface area contributed by atoms with Crippen LogP contribution in [0.2, 0.25) is 5.02 Å². The average molecular weight is 825 g/mol. The van der Waals surface area contributed by atoms with Crippen LogP contribution in [0.25, 0.3) is 0 Å². The van der Waals surface area contributed by atoms with Crippen molar-refractivity contribution in [3.05, 3.63) is 52.2 Å². The van der Waals surface area contributed by atoms with E-state index in [1.54, 1.807) is 45.1 Å². The summed E-state index contributed by atoms with van der Waals surface area (Å²) in [5.41, 5.74) is 1.93. The van der Waals surface area contributed by atoms with Gasteiger partial charge in [-0.3, -0.25) is 19.3 Å². The molecule has 1 aromatic rings. The Bertz CT molecular complexity index is 1940. The topological polar surface area (TPSA) is 184 Å². The lowest BCUT2D eigenvalue weighted by Gasteiger charge is -2.30. The van der Waals surface area contributed by atoms with Crippen LogP contribution in [0.1, 0.15) is 83.3 Å². The number of nitrogens with one attached hydrogen (secondary N) is 3. The second kappa shape index (κ2) is 15.9. The normalized spacial score (nSPS) is 28.2. The van der Waals surface area contributed by atoms with Crippen molar-refractivity contribution < 1.29 is 50.6 Å². The number of benzene rings is 1. The smallest absolute Gasteiger partial charge is 0.410 e. The predicted molar refractivity (Wildman–Crippen MR) is 197 cm³/mol. The molecule has 3 fully saturated rings. The van der Waals surface area contributed by atoms with Crippen LogP contribution in [-0.4, -0.2) is 107 Å². The molecule has 1 aliphatic carbocycles. The highest BCUT2D eigenvalue weighted by Crippen LogP contribution is 2.45. The molecule has 5 amide bonds. The molecule has 5 aliphatic rings. The minimum atomic E-state index is -4.72. The van der Waals surface area contributed by atoms with Gasteiger partial charge in [0.1, 0.15) is 29.3 Å². The number of hydrogen-bond acceptors (Lipinski definition) is 9. The van der Waals surface area contributed by atoms with Crippen molar-refractivity contribution >= 4 is 51.7 Å². The van der Waals surface area contributed by atoms with E-state index in [2.05, 4.69) is 16.4 Å². The van der Waals surface area contributed by atoms with Gasteiger partial charge in [-0.05, 0) is 75.8 Å². The molecule has 15 nitrogen and oxygen atoms in total. The Morgan fingerprint density at radius 3 is 2.57 bits per heavy atom. The van der Waals surface area contributed by atoms with Gasteiger partial charge in [0.2, 0.25) is 11.8 Å². The lowest BCUT2D eigenvalue weighted by molar-refractivity contribution is -0.141. The van der Waals surface area contributed by atoms with Crippen LogP contribution >= 0.6 is 11.6 Å². The highest BCUT2D eigenvalue weighted by atomic mass is 35.5. The largest absolute Gasteiger partial charge is 0.444 e. The molecule has 5 atom stereocenters. The van der Waals surface area contributed by atoms with Crippen molar-refractivity contribution in [3.8, 4) is 0 Å². The molecule has 0 bridgehead atoms. The Balaban J connectivity index is 1.26. The first-order valence-electron chi connectivity index (χ1n) is 18.7. The van der Waals surface area contributed by atoms with Crippen LogP contribution in [0, 0.1) is 5.92 Å². The van der Waals surface area contributed by atoms with E-state index in [1.807, 2.05) is 10.8 Å². The number of hydrogen-bond donors (Lipinski definition) is 3. The van der Waals surface area contributed by atoms with Gasteiger partial charge in [0.05, 0.1) is 19.6 Å². The second-order valence-corrected chi connectivity index (χ2v) is 18.1. The number of alkyl halides is 2. The molecule has 4 heterocycles. The standard InChI is InChI=1S/C37H47ClF2N6O9S/c1-35(2,3)55-33(50)41-28-14-9-7-5-4-6-8-12-24-18-37(24,32(49)43-56(52,53)45-16-15-36(39,40)22-45)42-30(47)29-17-25(20-46(29)31(28)48)54-34(51)44-19-23-11-10-13-27(38)26(23)21-44/h6,10-13,24-25,28-29H,4-5,7,9,14-22H2,1-3H3,(H,41,50)(H,42,47)(H,43,49)/t8?,24-,25-,28+,29+,37-/m1/s1. The fourth-order valence-electron chi connectivity index (χ4n) is 7.48. The van der Waals surface area contributed by atoms with Crippen LogP contribution in [0.5, 0.6) is 0 Å². The summed E-state index contributed by atoms with van der Waals surface area (Å²) >= 11 is 6.35. The van der Waals surface area contributed by atoms with Crippen molar-refractivity contribution in [1.29, 1.82) is 0 Å². The molecule has 6 rings (SSSR count). The monoisotopic (exact) mass is 824 g/mol. The van der Waals surface area contributed by atoms with Crippen molar-refractivity contribution in [2.75, 3.05) is 19.6 Å². The van der Waals surface area contributed by atoms with Crippen molar-refractivity contribution in [2.24, 2.45) is 5.92 Å². The maximum Gasteiger partial charge on any atom is 0.410 e. The highest BCUT2D eigenvalue weighted by Gasteiger charge is 2.62. The zero-order chi connectivity index (χ0) is 40.6. The van der Waals surface area contributed by atoms with Gasteiger partial charge in [-0.15, -0.1) is 5.73 Å². The SMILES string of the molecule is CC(C)(C)OC(=O)N[C@H]1CCCCCC=C=C[C@@H]2C[C@@]2(C(=O)NS(=O)(=O)N2CCC(F)(F)C2)NC(=O)[C@@H]2C[C@@H](OC(=O)N3Cc4cccc(Cl)c4C3)CN2C1=O. The number of nitrogens with zero attached hydrogens (tertiary/aromatic N) is 3. The number of amides is 5. The minimum absolute atomic E-state index is 0.0446. The number of halogens is 3. The van der Waals surface area contributed by atoms with Gasteiger partial charge in [0, 0.05) is 36.9 Å². The van der Waals surface area contributed by atoms with Crippen LogP contribution in [0.15, 0.2) is 36.1 Å². The number of carbonyl (C=O) groups is 5. The van der Waals surface area contributed by atoms with Crippen molar-refractivity contribution in [3.63, 3.8) is 0 Å². The summed E-state index contributed by atoms with van der Waals surface area (Å²) in [6.45, 7) is 3.59. The molecule has 1 aromatic carbocycles. The molecule has 2 saturated heterocycles. The molecule has 19 heteroatoms. The first kappa shape index (κ1) is 41.4. The van der Waals surface area contributed by atoms with Gasteiger partial charge >= 0.3 is 22.4 Å². The maximum atomic E-state index is 14.4. The van der Waals surface area contributed by atoms with Crippen LogP contribution in [-0.2, 0) is 47.2 Å². The Labute approximate surface area is 329 Å². The predicted octanol–water partition coefficient (Wildman–Crippen LogP) is 3.91. The van der Waals surface area contributed by atoms with Gasteiger partial charge in [-0.25, -0.2) is 23.1 Å². The van der Waals surface area contributed by atoms with E-state index < -0.39 is 101 Å². The third-order valence-electron chi connectivity index (χ3n) is 10.5. The van der Waals surface area contributed by atoms with E-state index in [9.17, 15) is 41.2 Å². The van der Waals surface area contributed by atoms with Crippen LogP contribution in [0.4, 0.5) is 18.4 Å². The molecular weight excluding hydrogens is 778 g/mol. The molecule has 4 aliphatic heterocycles. The summed E-state index contributed by atoms with van der Waals surface area (Å²) in [6.07, 6.45) is 2.49. The first-order chi connectivity index (χ1) is 26.3. The number of carbonyl (C=O) groups excluding carboxylic acids is 5. The lowest BCUT2D eigenvalue weighted by atomic mass is 10.0. The molecule has 0 spiro atoms. The van der Waals surface area contributed by atoms with Crippen LogP contribution < -0.4 is 15.4 Å². The molecule has 0 aromatic heterocycles. The maximum absolute atomic E-state index is 14.4.